The lowest BCUT2D eigenvalue weighted by Gasteiger charge is -2.15. The maximum Gasteiger partial charge on any atom is 0.167 e. The predicted molar refractivity (Wildman–Crippen MR) is 60.8 cm³/mol. The number of Topliss-reactive ketones (excluding diaryl/α,β-unsaturated/α-hetero) is 1. The van der Waals surface area contributed by atoms with Crippen molar-refractivity contribution in [3.05, 3.63) is 35.4 Å². The Bertz CT molecular complexity index is 373. The van der Waals surface area contributed by atoms with Crippen LogP contribution in [0.4, 0.5) is 0 Å². The van der Waals surface area contributed by atoms with Gasteiger partial charge in [0.2, 0.25) is 0 Å². The summed E-state index contributed by atoms with van der Waals surface area (Å²) in [6, 6.07) is 7.83. The molecule has 0 heterocycles. The molecule has 80 valence electrons. The van der Waals surface area contributed by atoms with Gasteiger partial charge in [-0.1, -0.05) is 30.7 Å². The molecule has 1 fully saturated rings. The zero-order valence-electron chi connectivity index (χ0n) is 9.07. The molecule has 0 spiro atoms. The number of rotatable bonds is 2. The molecule has 2 unspecified atom stereocenters. The van der Waals surface area contributed by atoms with Crippen molar-refractivity contribution >= 4 is 5.78 Å². The van der Waals surface area contributed by atoms with Crippen molar-refractivity contribution in [3.8, 4) is 0 Å². The molecule has 0 bridgehead atoms. The lowest BCUT2D eigenvalue weighted by Crippen LogP contribution is -2.30. The van der Waals surface area contributed by atoms with Crippen LogP contribution in [0.25, 0.3) is 0 Å². The van der Waals surface area contributed by atoms with Crippen molar-refractivity contribution in [1.82, 2.24) is 0 Å². The van der Waals surface area contributed by atoms with Crippen LogP contribution < -0.4 is 5.73 Å². The highest BCUT2D eigenvalue weighted by Gasteiger charge is 2.31. The zero-order chi connectivity index (χ0) is 10.8. The summed E-state index contributed by atoms with van der Waals surface area (Å²) in [6.07, 6.45) is 3.03. The van der Waals surface area contributed by atoms with Gasteiger partial charge >= 0.3 is 0 Å². The van der Waals surface area contributed by atoms with E-state index in [1.54, 1.807) is 0 Å². The molecule has 1 aliphatic rings. The fourth-order valence-electron chi connectivity index (χ4n) is 2.36. The van der Waals surface area contributed by atoms with Crippen LogP contribution in [-0.2, 0) is 0 Å². The lowest BCUT2D eigenvalue weighted by atomic mass is 9.91. The van der Waals surface area contributed by atoms with E-state index in [1.165, 1.54) is 0 Å². The third-order valence-electron chi connectivity index (χ3n) is 3.32. The number of hydrogen-bond acceptors (Lipinski definition) is 2. The number of nitrogens with two attached hydrogens (primary N) is 1. The Morgan fingerprint density at radius 3 is 2.67 bits per heavy atom. The molecule has 0 saturated heterocycles. The van der Waals surface area contributed by atoms with Crippen LogP contribution in [0, 0.1) is 12.8 Å². The summed E-state index contributed by atoms with van der Waals surface area (Å²) in [5, 5.41) is 0. The smallest absolute Gasteiger partial charge is 0.167 e. The summed E-state index contributed by atoms with van der Waals surface area (Å²) < 4.78 is 0. The minimum absolute atomic E-state index is 0.0473. The standard InChI is InChI=1S/C13H17NO/c1-9-5-2-3-6-10(9)13(15)11-7-4-8-12(11)14/h2-3,5-6,11-12H,4,7-8,14H2,1H3. The van der Waals surface area contributed by atoms with Gasteiger partial charge in [0, 0.05) is 17.5 Å². The Labute approximate surface area is 90.5 Å². The molecule has 2 rings (SSSR count). The molecule has 2 nitrogen and oxygen atoms in total. The third-order valence-corrected chi connectivity index (χ3v) is 3.32. The van der Waals surface area contributed by atoms with Gasteiger partial charge in [0.05, 0.1) is 0 Å². The first-order chi connectivity index (χ1) is 7.20. The number of carbonyl (C=O) groups excluding carboxylic acids is 1. The van der Waals surface area contributed by atoms with Crippen molar-refractivity contribution in [2.24, 2.45) is 11.7 Å². The second-order valence-corrected chi connectivity index (χ2v) is 4.38. The largest absolute Gasteiger partial charge is 0.327 e. The molecule has 0 radical (unpaired) electrons. The maximum absolute atomic E-state index is 12.2. The van der Waals surface area contributed by atoms with E-state index in [0.29, 0.717) is 0 Å². The van der Waals surface area contributed by atoms with Gasteiger partial charge in [-0.2, -0.15) is 0 Å². The number of carbonyl (C=O) groups is 1. The third kappa shape index (κ3) is 1.95. The topological polar surface area (TPSA) is 43.1 Å². The van der Waals surface area contributed by atoms with Crippen LogP contribution in [0.15, 0.2) is 24.3 Å². The number of benzene rings is 1. The molecule has 1 aromatic carbocycles. The highest BCUT2D eigenvalue weighted by molar-refractivity contribution is 5.99. The quantitative estimate of drug-likeness (QED) is 0.749. The van der Waals surface area contributed by atoms with Gasteiger partial charge in [-0.05, 0) is 25.3 Å². The molecule has 15 heavy (non-hydrogen) atoms. The summed E-state index contributed by atoms with van der Waals surface area (Å²) in [6.45, 7) is 1.98. The van der Waals surface area contributed by atoms with Gasteiger partial charge in [0.1, 0.15) is 0 Å². The van der Waals surface area contributed by atoms with E-state index in [0.717, 1.165) is 30.4 Å². The number of ketones is 1. The molecular formula is C13H17NO. The van der Waals surface area contributed by atoms with Crippen LogP contribution in [0.3, 0.4) is 0 Å². The van der Waals surface area contributed by atoms with E-state index in [-0.39, 0.29) is 17.7 Å². The molecular weight excluding hydrogens is 186 g/mol. The Morgan fingerprint density at radius 2 is 2.07 bits per heavy atom. The van der Waals surface area contributed by atoms with Crippen LogP contribution in [0.2, 0.25) is 0 Å². The molecule has 1 saturated carbocycles. The summed E-state index contributed by atoms with van der Waals surface area (Å²) in [5.74, 6) is 0.282. The van der Waals surface area contributed by atoms with Crippen molar-refractivity contribution in [3.63, 3.8) is 0 Å². The molecule has 1 aromatic rings. The minimum Gasteiger partial charge on any atom is -0.327 e. The Balaban J connectivity index is 2.24. The summed E-state index contributed by atoms with van der Waals surface area (Å²) in [4.78, 5) is 12.2. The fraction of sp³-hybridized carbons (Fsp3) is 0.462. The molecule has 0 amide bonds. The first-order valence-corrected chi connectivity index (χ1v) is 5.55. The van der Waals surface area contributed by atoms with Crippen molar-refractivity contribution < 1.29 is 4.79 Å². The zero-order valence-corrected chi connectivity index (χ0v) is 9.07. The lowest BCUT2D eigenvalue weighted by molar-refractivity contribution is 0.0913. The predicted octanol–water partition coefficient (Wildman–Crippen LogP) is 2.31. The average molecular weight is 203 g/mol. The van der Waals surface area contributed by atoms with Gasteiger partial charge in [-0.25, -0.2) is 0 Å². The van der Waals surface area contributed by atoms with E-state index in [4.69, 9.17) is 5.73 Å². The van der Waals surface area contributed by atoms with Crippen LogP contribution in [0.1, 0.15) is 35.2 Å². The van der Waals surface area contributed by atoms with Crippen molar-refractivity contribution in [1.29, 1.82) is 0 Å². The van der Waals surface area contributed by atoms with Gasteiger partial charge in [0.25, 0.3) is 0 Å². The van der Waals surface area contributed by atoms with E-state index in [9.17, 15) is 4.79 Å². The van der Waals surface area contributed by atoms with E-state index in [2.05, 4.69) is 0 Å². The average Bonchev–Trinajstić information content (AvgIpc) is 2.64. The molecule has 2 heteroatoms. The normalized spacial score (nSPS) is 25.5. The van der Waals surface area contributed by atoms with Gasteiger partial charge in [-0.15, -0.1) is 0 Å². The van der Waals surface area contributed by atoms with Gasteiger partial charge < -0.3 is 5.73 Å². The highest BCUT2D eigenvalue weighted by atomic mass is 16.1. The maximum atomic E-state index is 12.2. The first-order valence-electron chi connectivity index (χ1n) is 5.55. The van der Waals surface area contributed by atoms with Gasteiger partial charge in [0.15, 0.2) is 5.78 Å². The van der Waals surface area contributed by atoms with Crippen molar-refractivity contribution in [2.75, 3.05) is 0 Å². The summed E-state index contributed by atoms with van der Waals surface area (Å²) in [7, 11) is 0. The molecule has 1 aliphatic carbocycles. The second-order valence-electron chi connectivity index (χ2n) is 4.38. The highest BCUT2D eigenvalue weighted by Crippen LogP contribution is 2.28. The number of aryl methyl sites for hydroxylation is 1. The monoisotopic (exact) mass is 203 g/mol. The Morgan fingerprint density at radius 1 is 1.33 bits per heavy atom. The molecule has 2 N–H and O–H groups in total. The van der Waals surface area contributed by atoms with Crippen LogP contribution >= 0.6 is 0 Å². The van der Waals surface area contributed by atoms with E-state index in [1.807, 2.05) is 31.2 Å². The first kappa shape index (κ1) is 10.4. The van der Waals surface area contributed by atoms with Crippen LogP contribution in [-0.4, -0.2) is 11.8 Å². The van der Waals surface area contributed by atoms with Crippen LogP contribution in [0.5, 0.6) is 0 Å². The summed E-state index contributed by atoms with van der Waals surface area (Å²) in [5.41, 5.74) is 7.85. The SMILES string of the molecule is Cc1ccccc1C(=O)C1CCCC1N. The van der Waals surface area contributed by atoms with E-state index >= 15 is 0 Å². The Hall–Kier alpha value is -1.15. The van der Waals surface area contributed by atoms with E-state index < -0.39 is 0 Å². The molecule has 0 aliphatic heterocycles. The van der Waals surface area contributed by atoms with Crippen molar-refractivity contribution in [2.45, 2.75) is 32.2 Å². The second kappa shape index (κ2) is 4.15. The van der Waals surface area contributed by atoms with Gasteiger partial charge in [-0.3, -0.25) is 4.79 Å². The molecule has 2 atom stereocenters. The Kier molecular flexibility index (Phi) is 2.87. The minimum atomic E-state index is 0.0473. The summed E-state index contributed by atoms with van der Waals surface area (Å²) >= 11 is 0. The molecule has 0 aromatic heterocycles. The number of hydrogen-bond donors (Lipinski definition) is 1. The fourth-order valence-corrected chi connectivity index (χ4v) is 2.36.